The molecular formula is C21H12BrClN2O3S2. The highest BCUT2D eigenvalue weighted by atomic mass is 79.9. The van der Waals surface area contributed by atoms with E-state index in [4.69, 9.17) is 11.6 Å². The molecular weight excluding hydrogens is 508 g/mol. The van der Waals surface area contributed by atoms with Crippen molar-refractivity contribution in [3.8, 4) is 0 Å². The van der Waals surface area contributed by atoms with E-state index in [0.29, 0.717) is 10.7 Å². The number of halogens is 2. The van der Waals surface area contributed by atoms with Gasteiger partial charge >= 0.3 is 6.03 Å². The van der Waals surface area contributed by atoms with E-state index in [-0.39, 0.29) is 5.57 Å². The molecule has 1 fully saturated rings. The Labute approximate surface area is 193 Å². The zero-order valence-corrected chi connectivity index (χ0v) is 19.1. The number of hydrogen-bond donors (Lipinski definition) is 1. The average Bonchev–Trinajstić information content (AvgIpc) is 3.15. The molecule has 150 valence electrons. The smallest absolute Gasteiger partial charge is 0.273 e. The predicted molar refractivity (Wildman–Crippen MR) is 123 cm³/mol. The summed E-state index contributed by atoms with van der Waals surface area (Å²) in [5, 5.41) is 2.90. The summed E-state index contributed by atoms with van der Waals surface area (Å²) in [6.07, 6.45) is 1.51. The number of hydrogen-bond acceptors (Lipinski definition) is 5. The van der Waals surface area contributed by atoms with E-state index in [1.807, 2.05) is 36.4 Å². The number of benzene rings is 2. The number of urea groups is 1. The van der Waals surface area contributed by atoms with Gasteiger partial charge in [0.05, 0.1) is 9.90 Å². The SMILES string of the molecule is O=C1NC(=O)N(c2ccc(Br)cc2)C(=O)/C1=C/c1ccc(Sc2ccc(Cl)cc2)s1. The first-order chi connectivity index (χ1) is 14.4. The molecule has 0 radical (unpaired) electrons. The van der Waals surface area contributed by atoms with E-state index >= 15 is 0 Å². The molecule has 1 aliphatic heterocycles. The van der Waals surface area contributed by atoms with Gasteiger partial charge in [-0.25, -0.2) is 9.69 Å². The summed E-state index contributed by atoms with van der Waals surface area (Å²) in [4.78, 5) is 40.2. The van der Waals surface area contributed by atoms with Crippen LogP contribution in [0.15, 0.2) is 79.8 Å². The lowest BCUT2D eigenvalue weighted by Crippen LogP contribution is -2.54. The van der Waals surface area contributed by atoms with E-state index in [2.05, 4.69) is 21.2 Å². The normalized spacial score (nSPS) is 15.6. The molecule has 0 unspecified atom stereocenters. The maximum atomic E-state index is 12.9. The molecule has 3 aromatic rings. The minimum Gasteiger partial charge on any atom is -0.273 e. The zero-order valence-electron chi connectivity index (χ0n) is 15.1. The van der Waals surface area contributed by atoms with Gasteiger partial charge in [-0.05, 0) is 66.7 Å². The Hall–Kier alpha value is -2.39. The minimum absolute atomic E-state index is 0.0950. The van der Waals surface area contributed by atoms with Crippen molar-refractivity contribution in [2.75, 3.05) is 4.90 Å². The molecule has 4 rings (SSSR count). The zero-order chi connectivity index (χ0) is 21.3. The van der Waals surface area contributed by atoms with Crippen LogP contribution in [0.3, 0.4) is 0 Å². The number of carbonyl (C=O) groups is 3. The van der Waals surface area contributed by atoms with Crippen LogP contribution in [-0.2, 0) is 9.59 Å². The number of nitrogens with zero attached hydrogens (tertiary/aromatic N) is 1. The standard InChI is InChI=1S/C21H12BrClN2O3S2/c22-12-1-5-14(6-2-12)25-20(27)17(19(26)24-21(25)28)11-16-9-10-18(30-16)29-15-7-3-13(23)4-8-15/h1-11H,(H,24,26,28)/b17-11+. The lowest BCUT2D eigenvalue weighted by Gasteiger charge is -2.26. The predicted octanol–water partition coefficient (Wildman–Crippen LogP) is 5.98. The third kappa shape index (κ3) is 4.52. The summed E-state index contributed by atoms with van der Waals surface area (Å²) < 4.78 is 1.81. The number of anilines is 1. The second-order valence-electron chi connectivity index (χ2n) is 6.15. The van der Waals surface area contributed by atoms with Crippen LogP contribution in [0.1, 0.15) is 4.88 Å². The van der Waals surface area contributed by atoms with Crippen LogP contribution < -0.4 is 10.2 Å². The second-order valence-corrected chi connectivity index (χ2v) is 9.99. The van der Waals surface area contributed by atoms with Gasteiger partial charge in [-0.3, -0.25) is 14.9 Å². The summed E-state index contributed by atoms with van der Waals surface area (Å²) in [7, 11) is 0. The molecule has 1 aromatic heterocycles. The molecule has 5 nitrogen and oxygen atoms in total. The van der Waals surface area contributed by atoms with Gasteiger partial charge in [0.1, 0.15) is 5.57 Å². The highest BCUT2D eigenvalue weighted by molar-refractivity contribution is 9.10. The average molecular weight is 520 g/mol. The number of thiophene rings is 1. The van der Waals surface area contributed by atoms with Gasteiger partial charge in [-0.15, -0.1) is 11.3 Å². The van der Waals surface area contributed by atoms with Gasteiger partial charge in [0.25, 0.3) is 11.8 Å². The Morgan fingerprint density at radius 2 is 1.67 bits per heavy atom. The van der Waals surface area contributed by atoms with Crippen molar-refractivity contribution in [1.82, 2.24) is 5.32 Å². The fourth-order valence-corrected chi connectivity index (χ4v) is 5.17. The number of nitrogens with one attached hydrogen (secondary N) is 1. The van der Waals surface area contributed by atoms with E-state index in [1.165, 1.54) is 17.4 Å². The van der Waals surface area contributed by atoms with Crippen LogP contribution in [0.4, 0.5) is 10.5 Å². The molecule has 0 bridgehead atoms. The molecule has 0 saturated carbocycles. The number of carbonyl (C=O) groups excluding carboxylic acids is 3. The van der Waals surface area contributed by atoms with Crippen molar-refractivity contribution in [2.24, 2.45) is 0 Å². The molecule has 1 N–H and O–H groups in total. The van der Waals surface area contributed by atoms with E-state index in [1.54, 1.807) is 36.0 Å². The molecule has 9 heteroatoms. The van der Waals surface area contributed by atoms with Crippen molar-refractivity contribution in [3.63, 3.8) is 0 Å². The number of rotatable bonds is 4. The summed E-state index contributed by atoms with van der Waals surface area (Å²) in [6, 6.07) is 17.1. The van der Waals surface area contributed by atoms with Gasteiger partial charge in [-0.1, -0.05) is 39.3 Å². The molecule has 2 heterocycles. The van der Waals surface area contributed by atoms with Crippen LogP contribution in [0, 0.1) is 0 Å². The van der Waals surface area contributed by atoms with Crippen molar-refractivity contribution in [2.45, 2.75) is 9.10 Å². The minimum atomic E-state index is -0.769. The first-order valence-electron chi connectivity index (χ1n) is 8.61. The maximum absolute atomic E-state index is 12.9. The molecule has 0 atom stereocenters. The first-order valence-corrected chi connectivity index (χ1v) is 11.4. The highest BCUT2D eigenvalue weighted by Crippen LogP contribution is 2.35. The van der Waals surface area contributed by atoms with E-state index in [9.17, 15) is 14.4 Å². The fourth-order valence-electron chi connectivity index (χ4n) is 2.71. The van der Waals surface area contributed by atoms with Crippen LogP contribution >= 0.6 is 50.6 Å². The maximum Gasteiger partial charge on any atom is 0.335 e. The molecule has 0 aliphatic carbocycles. The summed E-state index contributed by atoms with van der Waals surface area (Å²) in [6.45, 7) is 0. The third-order valence-corrected chi connectivity index (χ3v) is 7.06. The Morgan fingerprint density at radius 1 is 0.967 bits per heavy atom. The molecule has 30 heavy (non-hydrogen) atoms. The third-order valence-electron chi connectivity index (χ3n) is 4.11. The number of amides is 4. The molecule has 0 spiro atoms. The van der Waals surface area contributed by atoms with Crippen molar-refractivity contribution in [3.05, 3.63) is 80.6 Å². The van der Waals surface area contributed by atoms with Gasteiger partial charge < -0.3 is 0 Å². The van der Waals surface area contributed by atoms with E-state index in [0.717, 1.165) is 23.4 Å². The number of imide groups is 2. The van der Waals surface area contributed by atoms with Crippen LogP contribution in [0.5, 0.6) is 0 Å². The molecule has 2 aromatic carbocycles. The topological polar surface area (TPSA) is 66.5 Å². The quantitative estimate of drug-likeness (QED) is 0.340. The van der Waals surface area contributed by atoms with Gasteiger partial charge in [0, 0.05) is 19.3 Å². The monoisotopic (exact) mass is 518 g/mol. The van der Waals surface area contributed by atoms with Crippen LogP contribution in [-0.4, -0.2) is 17.8 Å². The Bertz CT molecular complexity index is 1170. The van der Waals surface area contributed by atoms with Crippen LogP contribution in [0.2, 0.25) is 5.02 Å². The fraction of sp³-hybridized carbons (Fsp3) is 0. The molecule has 4 amide bonds. The largest absolute Gasteiger partial charge is 0.335 e. The van der Waals surface area contributed by atoms with Crippen molar-refractivity contribution in [1.29, 1.82) is 0 Å². The van der Waals surface area contributed by atoms with E-state index < -0.39 is 17.8 Å². The number of barbiturate groups is 1. The van der Waals surface area contributed by atoms with Crippen LogP contribution in [0.25, 0.3) is 6.08 Å². The highest BCUT2D eigenvalue weighted by Gasteiger charge is 2.36. The Morgan fingerprint density at radius 3 is 2.37 bits per heavy atom. The summed E-state index contributed by atoms with van der Waals surface area (Å²) in [5.74, 6) is -1.37. The lowest BCUT2D eigenvalue weighted by molar-refractivity contribution is -0.122. The van der Waals surface area contributed by atoms with Gasteiger partial charge in [0.15, 0.2) is 0 Å². The lowest BCUT2D eigenvalue weighted by atomic mass is 10.1. The second kappa shape index (κ2) is 8.77. The van der Waals surface area contributed by atoms with Crippen molar-refractivity contribution >= 4 is 80.2 Å². The van der Waals surface area contributed by atoms with Gasteiger partial charge in [0.2, 0.25) is 0 Å². The summed E-state index contributed by atoms with van der Waals surface area (Å²) in [5.41, 5.74) is 0.284. The van der Waals surface area contributed by atoms with Gasteiger partial charge in [-0.2, -0.15) is 0 Å². The first kappa shape index (κ1) is 20.9. The summed E-state index contributed by atoms with van der Waals surface area (Å²) >= 11 is 12.2. The Balaban J connectivity index is 1.59. The molecule has 1 aliphatic rings. The van der Waals surface area contributed by atoms with Crippen molar-refractivity contribution < 1.29 is 14.4 Å². The molecule has 1 saturated heterocycles. The Kier molecular flexibility index (Phi) is 6.10.